The molecule has 0 unspecified atom stereocenters. The molecule has 5 heteroatoms. The number of carbonyl (C=O) groups is 3. The standard InChI is InChI=1S/C21H24N2O3/c24-19(22-12-5-1-2-6-13-22)15-8-7-9-16(14-15)23-20(25)17-10-3-4-11-18(17)21(23)26/h3-4,7-9,14,17-18H,1-2,5-6,10-13H2/t17-,18-/m1/s1. The van der Waals surface area contributed by atoms with Crippen LogP contribution in [0.25, 0.3) is 0 Å². The zero-order chi connectivity index (χ0) is 18.1. The number of likely N-dealkylation sites (tertiary alicyclic amines) is 1. The Morgan fingerprint density at radius 1 is 0.885 bits per heavy atom. The lowest BCUT2D eigenvalue weighted by atomic mass is 9.85. The Morgan fingerprint density at radius 2 is 1.50 bits per heavy atom. The smallest absolute Gasteiger partial charge is 0.253 e. The van der Waals surface area contributed by atoms with E-state index in [-0.39, 0.29) is 29.6 Å². The molecular weight excluding hydrogens is 328 g/mol. The van der Waals surface area contributed by atoms with E-state index in [1.165, 1.54) is 4.90 Å². The molecule has 0 bridgehead atoms. The van der Waals surface area contributed by atoms with Crippen molar-refractivity contribution in [2.75, 3.05) is 18.0 Å². The van der Waals surface area contributed by atoms with E-state index in [2.05, 4.69) is 0 Å². The van der Waals surface area contributed by atoms with Crippen molar-refractivity contribution in [2.24, 2.45) is 11.8 Å². The van der Waals surface area contributed by atoms with Gasteiger partial charge in [0.25, 0.3) is 5.91 Å². The van der Waals surface area contributed by atoms with Crippen LogP contribution in [0.15, 0.2) is 36.4 Å². The Kier molecular flexibility index (Phi) is 4.62. The van der Waals surface area contributed by atoms with Gasteiger partial charge in [0.05, 0.1) is 17.5 Å². The molecule has 2 saturated heterocycles. The van der Waals surface area contributed by atoms with Crippen LogP contribution in [0.4, 0.5) is 5.69 Å². The number of carbonyl (C=O) groups excluding carboxylic acids is 3. The second-order valence-electron chi connectivity index (χ2n) is 7.42. The van der Waals surface area contributed by atoms with Crippen LogP contribution in [0.1, 0.15) is 48.9 Å². The molecule has 26 heavy (non-hydrogen) atoms. The number of anilines is 1. The first-order valence-corrected chi connectivity index (χ1v) is 9.59. The lowest BCUT2D eigenvalue weighted by molar-refractivity contribution is -0.122. The molecule has 136 valence electrons. The third-order valence-corrected chi connectivity index (χ3v) is 5.75. The van der Waals surface area contributed by atoms with Crippen molar-refractivity contribution in [1.82, 2.24) is 4.90 Å². The highest BCUT2D eigenvalue weighted by Gasteiger charge is 2.47. The van der Waals surface area contributed by atoms with Crippen molar-refractivity contribution in [3.05, 3.63) is 42.0 Å². The van der Waals surface area contributed by atoms with E-state index in [9.17, 15) is 14.4 Å². The summed E-state index contributed by atoms with van der Waals surface area (Å²) < 4.78 is 0. The molecule has 2 fully saturated rings. The van der Waals surface area contributed by atoms with Gasteiger partial charge in [0.2, 0.25) is 11.8 Å². The summed E-state index contributed by atoms with van der Waals surface area (Å²) in [6, 6.07) is 6.99. The van der Waals surface area contributed by atoms with Crippen LogP contribution >= 0.6 is 0 Å². The van der Waals surface area contributed by atoms with Gasteiger partial charge in [0, 0.05) is 18.7 Å². The molecule has 3 amide bonds. The Morgan fingerprint density at radius 3 is 2.12 bits per heavy atom. The molecule has 1 aromatic rings. The fraction of sp³-hybridized carbons (Fsp3) is 0.476. The highest BCUT2D eigenvalue weighted by molar-refractivity contribution is 6.22. The SMILES string of the molecule is O=C(c1cccc(N2C(=O)[C@@H]3CC=CC[C@H]3C2=O)c1)N1CCCCCC1. The zero-order valence-electron chi connectivity index (χ0n) is 14.9. The summed E-state index contributed by atoms with van der Waals surface area (Å²) in [5.41, 5.74) is 1.08. The largest absolute Gasteiger partial charge is 0.339 e. The number of amides is 3. The molecule has 3 aliphatic rings. The van der Waals surface area contributed by atoms with Gasteiger partial charge in [-0.25, -0.2) is 0 Å². The Bertz CT molecular complexity index is 736. The second-order valence-corrected chi connectivity index (χ2v) is 7.42. The maximum absolute atomic E-state index is 12.9. The summed E-state index contributed by atoms with van der Waals surface area (Å²) in [4.78, 5) is 41.6. The van der Waals surface area contributed by atoms with Gasteiger partial charge >= 0.3 is 0 Å². The van der Waals surface area contributed by atoms with E-state index >= 15 is 0 Å². The third-order valence-electron chi connectivity index (χ3n) is 5.75. The van der Waals surface area contributed by atoms with Gasteiger partial charge in [-0.05, 0) is 43.9 Å². The molecular formula is C21H24N2O3. The Hall–Kier alpha value is -2.43. The predicted molar refractivity (Wildman–Crippen MR) is 98.7 cm³/mol. The highest BCUT2D eigenvalue weighted by atomic mass is 16.2. The van der Waals surface area contributed by atoms with Crippen LogP contribution in [-0.4, -0.2) is 35.7 Å². The van der Waals surface area contributed by atoms with Crippen LogP contribution in [-0.2, 0) is 9.59 Å². The van der Waals surface area contributed by atoms with Crippen LogP contribution in [0.2, 0.25) is 0 Å². The quantitative estimate of drug-likeness (QED) is 0.607. The van der Waals surface area contributed by atoms with Gasteiger partial charge in [-0.15, -0.1) is 0 Å². The van der Waals surface area contributed by atoms with Gasteiger partial charge in [-0.3, -0.25) is 19.3 Å². The molecule has 0 saturated carbocycles. The predicted octanol–water partition coefficient (Wildman–Crippen LogP) is 3.16. The van der Waals surface area contributed by atoms with E-state index in [4.69, 9.17) is 0 Å². The van der Waals surface area contributed by atoms with Crippen LogP contribution in [0, 0.1) is 11.8 Å². The zero-order valence-corrected chi connectivity index (χ0v) is 14.9. The average Bonchev–Trinajstić information content (AvgIpc) is 2.86. The molecule has 0 spiro atoms. The number of hydrogen-bond donors (Lipinski definition) is 0. The number of nitrogens with zero attached hydrogens (tertiary/aromatic N) is 2. The summed E-state index contributed by atoms with van der Waals surface area (Å²) in [7, 11) is 0. The number of hydrogen-bond acceptors (Lipinski definition) is 3. The molecule has 0 N–H and O–H groups in total. The number of imide groups is 1. The topological polar surface area (TPSA) is 57.7 Å². The molecule has 1 aliphatic carbocycles. The summed E-state index contributed by atoms with van der Waals surface area (Å²) in [5.74, 6) is -0.783. The van der Waals surface area contributed by atoms with Gasteiger partial charge in [0.1, 0.15) is 0 Å². The lowest BCUT2D eigenvalue weighted by Gasteiger charge is -2.21. The first kappa shape index (κ1) is 17.0. The molecule has 2 heterocycles. The van der Waals surface area contributed by atoms with Crippen LogP contribution in [0.3, 0.4) is 0 Å². The van der Waals surface area contributed by atoms with Crippen LogP contribution in [0.5, 0.6) is 0 Å². The number of allylic oxidation sites excluding steroid dienone is 2. The van der Waals surface area contributed by atoms with Gasteiger partial charge in [-0.1, -0.05) is 31.1 Å². The maximum atomic E-state index is 12.9. The summed E-state index contributed by atoms with van der Waals surface area (Å²) in [6.07, 6.45) is 9.60. The summed E-state index contributed by atoms with van der Waals surface area (Å²) in [6.45, 7) is 1.56. The number of benzene rings is 1. The minimum atomic E-state index is -0.252. The molecule has 4 rings (SSSR count). The maximum Gasteiger partial charge on any atom is 0.253 e. The summed E-state index contributed by atoms with van der Waals surface area (Å²) in [5, 5.41) is 0. The molecule has 0 aromatic heterocycles. The van der Waals surface area contributed by atoms with E-state index in [0.717, 1.165) is 38.8 Å². The third kappa shape index (κ3) is 2.96. The van der Waals surface area contributed by atoms with Gasteiger partial charge < -0.3 is 4.90 Å². The van der Waals surface area contributed by atoms with Crippen molar-refractivity contribution in [3.8, 4) is 0 Å². The Balaban J connectivity index is 1.59. The normalized spacial score (nSPS) is 26.0. The Labute approximate surface area is 153 Å². The van der Waals surface area contributed by atoms with Crippen LogP contribution < -0.4 is 4.90 Å². The molecule has 5 nitrogen and oxygen atoms in total. The average molecular weight is 352 g/mol. The summed E-state index contributed by atoms with van der Waals surface area (Å²) >= 11 is 0. The van der Waals surface area contributed by atoms with Crippen molar-refractivity contribution in [3.63, 3.8) is 0 Å². The highest BCUT2D eigenvalue weighted by Crippen LogP contribution is 2.37. The minimum Gasteiger partial charge on any atom is -0.339 e. The van der Waals surface area contributed by atoms with E-state index < -0.39 is 0 Å². The van der Waals surface area contributed by atoms with Crippen molar-refractivity contribution in [2.45, 2.75) is 38.5 Å². The molecule has 2 atom stereocenters. The number of rotatable bonds is 2. The molecule has 2 aliphatic heterocycles. The van der Waals surface area contributed by atoms with Crippen molar-refractivity contribution in [1.29, 1.82) is 0 Å². The van der Waals surface area contributed by atoms with E-state index in [1.54, 1.807) is 24.3 Å². The number of fused-ring (bicyclic) bond motifs is 1. The molecule has 1 aromatic carbocycles. The van der Waals surface area contributed by atoms with Crippen molar-refractivity contribution < 1.29 is 14.4 Å². The van der Waals surface area contributed by atoms with E-state index in [1.807, 2.05) is 17.1 Å². The van der Waals surface area contributed by atoms with Gasteiger partial charge in [-0.2, -0.15) is 0 Å². The molecule has 0 radical (unpaired) electrons. The van der Waals surface area contributed by atoms with Gasteiger partial charge in [0.15, 0.2) is 0 Å². The first-order chi connectivity index (χ1) is 12.7. The lowest BCUT2D eigenvalue weighted by Crippen LogP contribution is -2.33. The fourth-order valence-electron chi connectivity index (χ4n) is 4.29. The second kappa shape index (κ2) is 7.06. The monoisotopic (exact) mass is 352 g/mol. The fourth-order valence-corrected chi connectivity index (χ4v) is 4.29. The van der Waals surface area contributed by atoms with E-state index in [0.29, 0.717) is 24.1 Å². The van der Waals surface area contributed by atoms with Crippen molar-refractivity contribution >= 4 is 23.4 Å². The minimum absolute atomic E-state index is 0.00747. The first-order valence-electron chi connectivity index (χ1n) is 9.59.